The highest BCUT2D eigenvalue weighted by atomic mass is 19.4. The van der Waals surface area contributed by atoms with Gasteiger partial charge in [-0.05, 0) is 24.3 Å². The minimum atomic E-state index is -4.72. The zero-order valence-electron chi connectivity index (χ0n) is 14.8. The van der Waals surface area contributed by atoms with Crippen molar-refractivity contribution in [3.63, 3.8) is 0 Å². The van der Waals surface area contributed by atoms with Crippen molar-refractivity contribution in [1.29, 1.82) is 0 Å². The minimum absolute atomic E-state index is 0.128. The van der Waals surface area contributed by atoms with Gasteiger partial charge in [0.05, 0.1) is 11.0 Å². The summed E-state index contributed by atoms with van der Waals surface area (Å²) in [5.74, 6) is -0.302. The highest BCUT2D eigenvalue weighted by Crippen LogP contribution is 2.29. The van der Waals surface area contributed by atoms with Crippen LogP contribution in [0.4, 0.5) is 19.0 Å². The summed E-state index contributed by atoms with van der Waals surface area (Å²) in [6, 6.07) is 15.7. The molecule has 10 heteroatoms. The number of imidazole rings is 1. The second-order valence-corrected chi connectivity index (χ2v) is 6.02. The third-order valence-corrected chi connectivity index (χ3v) is 3.82. The lowest BCUT2D eigenvalue weighted by molar-refractivity contribution is -0.145. The van der Waals surface area contributed by atoms with E-state index in [1.54, 1.807) is 18.2 Å². The lowest BCUT2D eigenvalue weighted by atomic mass is 10.3. The number of benzene rings is 2. The highest BCUT2D eigenvalue weighted by molar-refractivity contribution is 5.76. The number of halogens is 3. The summed E-state index contributed by atoms with van der Waals surface area (Å²) in [5, 5.41) is 0. The first-order valence-corrected chi connectivity index (χ1v) is 8.43. The average Bonchev–Trinajstić information content (AvgIpc) is 3.08. The summed E-state index contributed by atoms with van der Waals surface area (Å²) in [6.45, 7) is -0.128. The molecule has 0 saturated heterocycles. The SMILES string of the molecule is Nc1cc(OCc2nc3cc(Oc4ccccc4)ccc3[nH]2)nc(C(F)(F)F)n1. The first kappa shape index (κ1) is 18.5. The molecule has 4 aromatic rings. The number of fused-ring (bicyclic) bond motifs is 1. The highest BCUT2D eigenvalue weighted by Gasteiger charge is 2.35. The molecule has 29 heavy (non-hydrogen) atoms. The summed E-state index contributed by atoms with van der Waals surface area (Å²) in [6.07, 6.45) is -4.72. The molecule has 0 aliphatic rings. The Labute approximate surface area is 162 Å². The Morgan fingerprint density at radius 3 is 2.48 bits per heavy atom. The molecule has 0 spiro atoms. The lowest BCUT2D eigenvalue weighted by Crippen LogP contribution is -2.13. The molecular weight excluding hydrogens is 387 g/mol. The molecular formula is C19H14F3N5O2. The molecule has 0 amide bonds. The van der Waals surface area contributed by atoms with Gasteiger partial charge in [0.15, 0.2) is 0 Å². The molecule has 4 rings (SSSR count). The number of aromatic amines is 1. The quantitative estimate of drug-likeness (QED) is 0.517. The van der Waals surface area contributed by atoms with E-state index in [-0.39, 0.29) is 18.3 Å². The van der Waals surface area contributed by atoms with Crippen molar-refractivity contribution in [2.24, 2.45) is 0 Å². The maximum atomic E-state index is 12.8. The number of nitrogens with zero attached hydrogens (tertiary/aromatic N) is 3. The molecule has 7 nitrogen and oxygen atoms in total. The van der Waals surface area contributed by atoms with E-state index in [1.807, 2.05) is 30.3 Å². The van der Waals surface area contributed by atoms with E-state index in [0.717, 1.165) is 11.6 Å². The molecule has 0 aliphatic heterocycles. The number of nitrogen functional groups attached to an aromatic ring is 1. The molecule has 2 aromatic carbocycles. The second-order valence-electron chi connectivity index (χ2n) is 6.02. The van der Waals surface area contributed by atoms with E-state index in [4.69, 9.17) is 15.2 Å². The molecule has 0 bridgehead atoms. The zero-order valence-corrected chi connectivity index (χ0v) is 14.8. The van der Waals surface area contributed by atoms with Gasteiger partial charge in [0.2, 0.25) is 11.7 Å². The van der Waals surface area contributed by atoms with Crippen LogP contribution in [-0.4, -0.2) is 19.9 Å². The number of alkyl halides is 3. The molecule has 2 aromatic heterocycles. The summed E-state index contributed by atoms with van der Waals surface area (Å²) >= 11 is 0. The Balaban J connectivity index is 1.50. The number of anilines is 1. The van der Waals surface area contributed by atoms with Crippen molar-refractivity contribution in [2.45, 2.75) is 12.8 Å². The summed E-state index contributed by atoms with van der Waals surface area (Å²) in [4.78, 5) is 13.9. The van der Waals surface area contributed by atoms with Gasteiger partial charge in [-0.2, -0.15) is 18.2 Å². The third-order valence-electron chi connectivity index (χ3n) is 3.82. The number of hydrogen-bond acceptors (Lipinski definition) is 6. The number of para-hydroxylation sites is 1. The van der Waals surface area contributed by atoms with E-state index in [0.29, 0.717) is 22.8 Å². The Kier molecular flexibility index (Phi) is 4.67. The predicted octanol–water partition coefficient (Wildman–Crippen LogP) is 4.33. The van der Waals surface area contributed by atoms with Gasteiger partial charge in [-0.1, -0.05) is 18.2 Å². The molecule has 148 valence electrons. The van der Waals surface area contributed by atoms with Crippen LogP contribution in [0.5, 0.6) is 17.4 Å². The number of ether oxygens (including phenoxy) is 2. The molecule has 0 saturated carbocycles. The summed E-state index contributed by atoms with van der Waals surface area (Å²) in [7, 11) is 0. The van der Waals surface area contributed by atoms with Gasteiger partial charge in [0.1, 0.15) is 29.7 Å². The van der Waals surface area contributed by atoms with Gasteiger partial charge >= 0.3 is 6.18 Å². The van der Waals surface area contributed by atoms with E-state index in [9.17, 15) is 13.2 Å². The number of nitrogens with one attached hydrogen (secondary N) is 1. The fraction of sp³-hybridized carbons (Fsp3) is 0.105. The molecule has 0 unspecified atom stereocenters. The summed E-state index contributed by atoms with van der Waals surface area (Å²) < 4.78 is 49.4. The topological polar surface area (TPSA) is 98.9 Å². The van der Waals surface area contributed by atoms with Gasteiger partial charge in [0, 0.05) is 12.1 Å². The number of aromatic nitrogens is 4. The van der Waals surface area contributed by atoms with Crippen LogP contribution in [0.2, 0.25) is 0 Å². The fourth-order valence-corrected chi connectivity index (χ4v) is 2.58. The Hall–Kier alpha value is -3.82. The first-order valence-electron chi connectivity index (χ1n) is 8.43. The van der Waals surface area contributed by atoms with Crippen LogP contribution in [0, 0.1) is 0 Å². The maximum Gasteiger partial charge on any atom is 0.451 e. The Morgan fingerprint density at radius 2 is 1.72 bits per heavy atom. The van der Waals surface area contributed by atoms with Crippen molar-refractivity contribution < 1.29 is 22.6 Å². The van der Waals surface area contributed by atoms with Crippen LogP contribution in [-0.2, 0) is 12.8 Å². The smallest absolute Gasteiger partial charge is 0.451 e. The van der Waals surface area contributed by atoms with E-state index >= 15 is 0 Å². The summed E-state index contributed by atoms with van der Waals surface area (Å²) in [5.41, 5.74) is 6.74. The molecule has 3 N–H and O–H groups in total. The first-order chi connectivity index (χ1) is 13.9. The van der Waals surface area contributed by atoms with Crippen LogP contribution < -0.4 is 15.2 Å². The molecule has 0 radical (unpaired) electrons. The van der Waals surface area contributed by atoms with Crippen LogP contribution >= 0.6 is 0 Å². The van der Waals surface area contributed by atoms with Crippen LogP contribution in [0.15, 0.2) is 54.6 Å². The van der Waals surface area contributed by atoms with Crippen LogP contribution in [0.1, 0.15) is 11.6 Å². The van der Waals surface area contributed by atoms with Crippen molar-refractivity contribution >= 4 is 16.9 Å². The van der Waals surface area contributed by atoms with Crippen molar-refractivity contribution in [1.82, 2.24) is 19.9 Å². The van der Waals surface area contributed by atoms with Crippen molar-refractivity contribution in [3.05, 3.63) is 66.2 Å². The van der Waals surface area contributed by atoms with Gasteiger partial charge in [-0.3, -0.25) is 0 Å². The number of rotatable bonds is 5. The molecule has 2 heterocycles. The Morgan fingerprint density at radius 1 is 0.931 bits per heavy atom. The molecule has 0 fully saturated rings. The van der Waals surface area contributed by atoms with Crippen molar-refractivity contribution in [2.75, 3.05) is 5.73 Å². The van der Waals surface area contributed by atoms with E-state index in [2.05, 4.69) is 19.9 Å². The van der Waals surface area contributed by atoms with Gasteiger partial charge in [-0.15, -0.1) is 0 Å². The van der Waals surface area contributed by atoms with Crippen LogP contribution in [0.3, 0.4) is 0 Å². The molecule has 0 atom stereocenters. The average molecular weight is 401 g/mol. The van der Waals surface area contributed by atoms with E-state index < -0.39 is 12.0 Å². The van der Waals surface area contributed by atoms with Crippen molar-refractivity contribution in [3.8, 4) is 17.4 Å². The van der Waals surface area contributed by atoms with Gasteiger partial charge in [-0.25, -0.2) is 9.97 Å². The monoisotopic (exact) mass is 401 g/mol. The largest absolute Gasteiger partial charge is 0.469 e. The molecule has 0 aliphatic carbocycles. The Bertz CT molecular complexity index is 1150. The fourth-order valence-electron chi connectivity index (χ4n) is 2.58. The van der Waals surface area contributed by atoms with Crippen LogP contribution in [0.25, 0.3) is 11.0 Å². The normalized spacial score (nSPS) is 11.6. The number of hydrogen-bond donors (Lipinski definition) is 2. The third kappa shape index (κ3) is 4.37. The maximum absolute atomic E-state index is 12.8. The number of nitrogens with two attached hydrogens (primary N) is 1. The van der Waals surface area contributed by atoms with E-state index in [1.165, 1.54) is 0 Å². The number of H-pyrrole nitrogens is 1. The second kappa shape index (κ2) is 7.30. The zero-order chi connectivity index (χ0) is 20.4. The predicted molar refractivity (Wildman–Crippen MR) is 98.4 cm³/mol. The van der Waals surface area contributed by atoms with Gasteiger partial charge < -0.3 is 20.2 Å². The van der Waals surface area contributed by atoms with Gasteiger partial charge in [0.25, 0.3) is 0 Å². The minimum Gasteiger partial charge on any atom is -0.469 e. The lowest BCUT2D eigenvalue weighted by Gasteiger charge is -2.08. The standard InChI is InChI=1S/C19H14F3N5O2/c20-19(21,22)18-26-15(23)9-17(27-18)28-10-16-24-13-7-6-12(8-14(13)25-16)29-11-4-2-1-3-5-11/h1-9H,10H2,(H,24,25)(H2,23,26,27).